The zero-order chi connectivity index (χ0) is 15.0. The van der Waals surface area contributed by atoms with Crippen LogP contribution >= 0.6 is 0 Å². The van der Waals surface area contributed by atoms with E-state index in [4.69, 9.17) is 15.3 Å². The molecule has 6 nitrogen and oxygen atoms in total. The molecule has 0 spiro atoms. The molecule has 19 heavy (non-hydrogen) atoms. The first-order valence-electron chi connectivity index (χ1n) is 6.78. The summed E-state index contributed by atoms with van der Waals surface area (Å²) in [5.41, 5.74) is 8.31. The van der Waals surface area contributed by atoms with Gasteiger partial charge in [-0.1, -0.05) is 13.3 Å². The van der Waals surface area contributed by atoms with Crippen LogP contribution in [0.5, 0.6) is 0 Å². The monoisotopic (exact) mass is 270 g/mol. The van der Waals surface area contributed by atoms with Crippen molar-refractivity contribution in [3.05, 3.63) is 0 Å². The van der Waals surface area contributed by atoms with Crippen LogP contribution in [0.2, 0.25) is 0 Å². The number of rotatable bonds is 6. The number of unbranched alkanes of at least 4 members (excludes halogenated alkanes) is 1. The lowest BCUT2D eigenvalue weighted by molar-refractivity contribution is -0.935. The molecular formula is C13H28N5O+. The summed E-state index contributed by atoms with van der Waals surface area (Å²) < 4.78 is 6.83. The van der Waals surface area contributed by atoms with E-state index in [0.29, 0.717) is 0 Å². The Hall–Kier alpha value is -1.50. The van der Waals surface area contributed by atoms with Gasteiger partial charge in [-0.3, -0.25) is 0 Å². The highest BCUT2D eigenvalue weighted by molar-refractivity contribution is 4.53. The summed E-state index contributed by atoms with van der Waals surface area (Å²) in [5, 5.41) is 14.2. The van der Waals surface area contributed by atoms with Crippen LogP contribution in [0.25, 0.3) is 0 Å². The smallest absolute Gasteiger partial charge is 0.183 e. The maximum Gasteiger partial charge on any atom is 0.183 e. The third-order valence-electron chi connectivity index (χ3n) is 3.07. The molecule has 1 rings (SSSR count). The number of ether oxygens (including phenoxy) is 1. The Labute approximate surface area is 117 Å². The van der Waals surface area contributed by atoms with Gasteiger partial charge in [-0.15, -0.1) is 0 Å². The van der Waals surface area contributed by atoms with E-state index in [2.05, 4.69) is 25.3 Å². The Morgan fingerprint density at radius 1 is 1.11 bits per heavy atom. The summed E-state index contributed by atoms with van der Waals surface area (Å²) >= 11 is 0. The van der Waals surface area contributed by atoms with E-state index < -0.39 is 0 Å². The average Bonchev–Trinajstić information content (AvgIpc) is 2.85. The van der Waals surface area contributed by atoms with Crippen molar-refractivity contribution in [2.45, 2.75) is 39.5 Å². The van der Waals surface area contributed by atoms with Crippen LogP contribution in [0, 0.1) is 22.9 Å². The predicted octanol–water partition coefficient (Wildman–Crippen LogP) is 1.24. The molecular weight excluding hydrogens is 242 g/mol. The summed E-state index contributed by atoms with van der Waals surface area (Å²) in [6.07, 6.45) is 7.97. The highest BCUT2D eigenvalue weighted by Gasteiger charge is 2.30. The van der Waals surface area contributed by atoms with Crippen LogP contribution in [0.15, 0.2) is 0 Å². The lowest BCUT2D eigenvalue weighted by Gasteiger charge is -2.33. The SMILES string of the molecule is CCCC[N+]1(COCC)CCCC1.N#CN.N#CN. The highest BCUT2D eigenvalue weighted by atomic mass is 16.5. The van der Waals surface area contributed by atoms with Crippen molar-refractivity contribution in [2.75, 3.05) is 33.0 Å². The molecule has 1 fully saturated rings. The van der Waals surface area contributed by atoms with E-state index in [1.54, 1.807) is 0 Å². The summed E-state index contributed by atoms with van der Waals surface area (Å²) in [5.74, 6) is 0. The van der Waals surface area contributed by atoms with Gasteiger partial charge in [0, 0.05) is 19.4 Å². The van der Waals surface area contributed by atoms with E-state index in [9.17, 15) is 0 Å². The predicted molar refractivity (Wildman–Crippen MR) is 75.1 cm³/mol. The molecule has 6 heteroatoms. The van der Waals surface area contributed by atoms with E-state index in [1.165, 1.54) is 62.2 Å². The molecule has 0 aromatic rings. The fourth-order valence-corrected chi connectivity index (χ4v) is 2.20. The number of hydrogen-bond acceptors (Lipinski definition) is 5. The Balaban J connectivity index is 0. The molecule has 0 aromatic carbocycles. The van der Waals surface area contributed by atoms with Crippen molar-refractivity contribution in [3.8, 4) is 12.4 Å². The van der Waals surface area contributed by atoms with Crippen molar-refractivity contribution < 1.29 is 9.22 Å². The van der Waals surface area contributed by atoms with Crippen molar-refractivity contribution >= 4 is 0 Å². The molecule has 4 N–H and O–H groups in total. The highest BCUT2D eigenvalue weighted by Crippen LogP contribution is 2.20. The van der Waals surface area contributed by atoms with Crippen molar-refractivity contribution in [2.24, 2.45) is 11.5 Å². The molecule has 0 bridgehead atoms. The molecule has 0 saturated carbocycles. The quantitative estimate of drug-likeness (QED) is 0.429. The van der Waals surface area contributed by atoms with Gasteiger partial charge in [0.1, 0.15) is 0 Å². The summed E-state index contributed by atoms with van der Waals surface area (Å²) in [4.78, 5) is 0. The zero-order valence-corrected chi connectivity index (χ0v) is 12.3. The normalized spacial score (nSPS) is 14.9. The van der Waals surface area contributed by atoms with Gasteiger partial charge in [0.2, 0.25) is 0 Å². The first-order valence-corrected chi connectivity index (χ1v) is 6.78. The molecule has 1 aliphatic heterocycles. The van der Waals surface area contributed by atoms with Gasteiger partial charge < -0.3 is 20.7 Å². The Bertz CT molecular complexity index is 241. The number of likely N-dealkylation sites (tertiary alicyclic amines) is 1. The summed E-state index contributed by atoms with van der Waals surface area (Å²) in [6, 6.07) is 0. The standard InChI is InChI=1S/C11H24NO.2CH2N2/c1-3-5-8-12(11-13-4-2)9-6-7-10-12;2*2-1-3/h3-11H2,1-2H3;2*2H2/q+1;;. The van der Waals surface area contributed by atoms with E-state index >= 15 is 0 Å². The molecule has 1 heterocycles. The van der Waals surface area contributed by atoms with E-state index in [-0.39, 0.29) is 0 Å². The zero-order valence-electron chi connectivity index (χ0n) is 12.3. The van der Waals surface area contributed by atoms with Crippen LogP contribution in [0.3, 0.4) is 0 Å². The van der Waals surface area contributed by atoms with Crippen molar-refractivity contribution in [1.82, 2.24) is 0 Å². The fourth-order valence-electron chi connectivity index (χ4n) is 2.20. The number of nitrogens with two attached hydrogens (primary N) is 2. The topological polar surface area (TPSA) is 109 Å². The second-order valence-corrected chi connectivity index (χ2v) is 4.45. The average molecular weight is 270 g/mol. The van der Waals surface area contributed by atoms with Gasteiger partial charge in [-0.05, 0) is 13.3 Å². The molecule has 0 atom stereocenters. The number of nitrogens with zero attached hydrogens (tertiary/aromatic N) is 3. The number of hydrogen-bond donors (Lipinski definition) is 2. The lowest BCUT2D eigenvalue weighted by atomic mass is 10.3. The molecule has 1 aliphatic rings. The third kappa shape index (κ3) is 11.3. The van der Waals surface area contributed by atoms with Gasteiger partial charge in [0.15, 0.2) is 19.1 Å². The number of quaternary nitrogens is 1. The number of nitriles is 2. The molecule has 1 saturated heterocycles. The first kappa shape index (κ1) is 19.8. The van der Waals surface area contributed by atoms with Gasteiger partial charge in [-0.2, -0.15) is 10.5 Å². The molecule has 0 aromatic heterocycles. The van der Waals surface area contributed by atoms with Gasteiger partial charge in [0.25, 0.3) is 0 Å². The van der Waals surface area contributed by atoms with Crippen molar-refractivity contribution in [3.63, 3.8) is 0 Å². The largest absolute Gasteiger partial charge is 0.337 e. The third-order valence-corrected chi connectivity index (χ3v) is 3.07. The fraction of sp³-hybridized carbons (Fsp3) is 0.846. The van der Waals surface area contributed by atoms with Crippen LogP contribution in [-0.4, -0.2) is 37.5 Å². The molecule has 0 amide bonds. The first-order chi connectivity index (χ1) is 9.16. The van der Waals surface area contributed by atoms with Gasteiger partial charge >= 0.3 is 0 Å². The second-order valence-electron chi connectivity index (χ2n) is 4.45. The summed E-state index contributed by atoms with van der Waals surface area (Å²) in [7, 11) is 0. The lowest BCUT2D eigenvalue weighted by Crippen LogP contribution is -2.47. The Morgan fingerprint density at radius 3 is 1.95 bits per heavy atom. The molecule has 0 aliphatic carbocycles. The van der Waals surface area contributed by atoms with Crippen LogP contribution < -0.4 is 11.5 Å². The molecule has 110 valence electrons. The maximum absolute atomic E-state index is 7.10. The van der Waals surface area contributed by atoms with E-state index in [1.807, 2.05) is 0 Å². The summed E-state index contributed by atoms with van der Waals surface area (Å²) in [6.45, 7) is 10.2. The van der Waals surface area contributed by atoms with Crippen LogP contribution in [-0.2, 0) is 4.74 Å². The maximum atomic E-state index is 7.10. The second kappa shape index (κ2) is 14.6. The van der Waals surface area contributed by atoms with Gasteiger partial charge in [0.05, 0.1) is 19.6 Å². The minimum absolute atomic E-state index is 0.867. The minimum Gasteiger partial charge on any atom is -0.337 e. The Kier molecular flexibility index (Phi) is 15.2. The van der Waals surface area contributed by atoms with Crippen molar-refractivity contribution in [1.29, 1.82) is 10.5 Å². The van der Waals surface area contributed by atoms with Crippen LogP contribution in [0.4, 0.5) is 0 Å². The molecule has 0 radical (unpaired) electrons. The van der Waals surface area contributed by atoms with Crippen LogP contribution in [0.1, 0.15) is 39.5 Å². The molecule has 0 unspecified atom stereocenters. The van der Waals surface area contributed by atoms with Gasteiger partial charge in [-0.25, -0.2) is 0 Å². The minimum atomic E-state index is 0.867. The Morgan fingerprint density at radius 2 is 1.58 bits per heavy atom. The van der Waals surface area contributed by atoms with E-state index in [0.717, 1.165) is 13.3 Å².